The monoisotopic (exact) mass is 366 g/mol. The van der Waals surface area contributed by atoms with Crippen molar-refractivity contribution in [1.29, 1.82) is 0 Å². The zero-order chi connectivity index (χ0) is 17.9. The van der Waals surface area contributed by atoms with E-state index in [2.05, 4.69) is 21.4 Å². The van der Waals surface area contributed by atoms with Gasteiger partial charge in [0.1, 0.15) is 16.5 Å². The average molecular weight is 366 g/mol. The first-order valence-electron chi connectivity index (χ1n) is 8.49. The average Bonchev–Trinajstić information content (AvgIpc) is 3.08. The lowest BCUT2D eigenvalue weighted by Crippen LogP contribution is -2.49. The molecule has 0 spiro atoms. The van der Waals surface area contributed by atoms with Crippen molar-refractivity contribution in [1.82, 2.24) is 18.8 Å². The molecule has 25 heavy (non-hydrogen) atoms. The summed E-state index contributed by atoms with van der Waals surface area (Å²) in [7, 11) is -3.77. The molecule has 6 nitrogen and oxygen atoms in total. The first kappa shape index (κ1) is 18.0. The van der Waals surface area contributed by atoms with Crippen LogP contribution in [-0.2, 0) is 23.0 Å². The number of aryl methyl sites for hydroxylation is 1. The quantitative estimate of drug-likeness (QED) is 0.779. The van der Waals surface area contributed by atoms with Crippen molar-refractivity contribution in [2.45, 2.75) is 24.8 Å². The number of piperazine rings is 1. The van der Waals surface area contributed by atoms with Gasteiger partial charge in [-0.05, 0) is 12.1 Å². The second kappa shape index (κ2) is 7.63. The lowest BCUT2D eigenvalue weighted by atomic mass is 10.3. The molecule has 2 aromatic rings. The van der Waals surface area contributed by atoms with Crippen LogP contribution < -0.4 is 0 Å². The SMILES string of the molecule is CCc1nccn1CCN1CCN(S(=O)(=O)c2ccccc2F)CC1. The smallest absolute Gasteiger partial charge is 0.246 e. The molecule has 1 saturated heterocycles. The maximum Gasteiger partial charge on any atom is 0.246 e. The summed E-state index contributed by atoms with van der Waals surface area (Å²) in [5.74, 6) is 0.359. The highest BCUT2D eigenvalue weighted by Crippen LogP contribution is 2.20. The third-order valence-electron chi connectivity index (χ3n) is 4.56. The van der Waals surface area contributed by atoms with Crippen LogP contribution in [0.4, 0.5) is 4.39 Å². The molecule has 0 unspecified atom stereocenters. The van der Waals surface area contributed by atoms with E-state index in [0.29, 0.717) is 26.2 Å². The Balaban J connectivity index is 1.57. The van der Waals surface area contributed by atoms with Gasteiger partial charge in [0.25, 0.3) is 0 Å². The number of rotatable bonds is 6. The van der Waals surface area contributed by atoms with Crippen LogP contribution in [0.3, 0.4) is 0 Å². The molecule has 1 aromatic carbocycles. The van der Waals surface area contributed by atoms with Crippen LogP contribution in [0, 0.1) is 5.82 Å². The summed E-state index contributed by atoms with van der Waals surface area (Å²) < 4.78 is 42.5. The van der Waals surface area contributed by atoms with Crippen molar-refractivity contribution in [3.63, 3.8) is 0 Å². The van der Waals surface area contributed by atoms with Gasteiger partial charge in [-0.2, -0.15) is 4.31 Å². The summed E-state index contributed by atoms with van der Waals surface area (Å²) in [6.45, 7) is 5.79. The predicted molar refractivity (Wildman–Crippen MR) is 93.2 cm³/mol. The van der Waals surface area contributed by atoms with E-state index in [0.717, 1.165) is 25.3 Å². The van der Waals surface area contributed by atoms with Crippen molar-refractivity contribution in [2.75, 3.05) is 32.7 Å². The van der Waals surface area contributed by atoms with Crippen LogP contribution in [0.1, 0.15) is 12.7 Å². The van der Waals surface area contributed by atoms with Gasteiger partial charge in [0.2, 0.25) is 10.0 Å². The van der Waals surface area contributed by atoms with Gasteiger partial charge >= 0.3 is 0 Å². The molecule has 136 valence electrons. The highest BCUT2D eigenvalue weighted by atomic mass is 32.2. The minimum Gasteiger partial charge on any atom is -0.334 e. The molecule has 8 heteroatoms. The van der Waals surface area contributed by atoms with E-state index < -0.39 is 15.8 Å². The summed E-state index contributed by atoms with van der Waals surface area (Å²) >= 11 is 0. The highest BCUT2D eigenvalue weighted by molar-refractivity contribution is 7.89. The molecule has 1 fully saturated rings. The molecule has 1 aromatic heterocycles. The molecule has 0 radical (unpaired) electrons. The molecular weight excluding hydrogens is 343 g/mol. The summed E-state index contributed by atoms with van der Waals surface area (Å²) in [4.78, 5) is 6.29. The maximum atomic E-state index is 13.8. The molecular formula is C17H23FN4O2S. The Hall–Kier alpha value is -1.77. The van der Waals surface area contributed by atoms with Crippen molar-refractivity contribution in [2.24, 2.45) is 0 Å². The third-order valence-corrected chi connectivity index (χ3v) is 6.49. The number of imidazole rings is 1. The van der Waals surface area contributed by atoms with Crippen molar-refractivity contribution < 1.29 is 12.8 Å². The summed E-state index contributed by atoms with van der Waals surface area (Å²) in [5.41, 5.74) is 0. The van der Waals surface area contributed by atoms with Crippen LogP contribution in [-0.4, -0.2) is 59.9 Å². The van der Waals surface area contributed by atoms with Crippen molar-refractivity contribution in [3.05, 3.63) is 48.3 Å². The second-order valence-electron chi connectivity index (χ2n) is 6.07. The molecule has 0 saturated carbocycles. The second-order valence-corrected chi connectivity index (χ2v) is 7.97. The van der Waals surface area contributed by atoms with Crippen LogP contribution in [0.5, 0.6) is 0 Å². The molecule has 3 rings (SSSR count). The number of hydrogen-bond donors (Lipinski definition) is 0. The Morgan fingerprint density at radius 3 is 2.52 bits per heavy atom. The molecule has 1 aliphatic heterocycles. The van der Waals surface area contributed by atoms with E-state index in [1.807, 2.05) is 6.20 Å². The van der Waals surface area contributed by atoms with E-state index in [4.69, 9.17) is 0 Å². The Bertz CT molecular complexity index is 814. The minimum absolute atomic E-state index is 0.241. The van der Waals surface area contributed by atoms with Gasteiger partial charge in [0, 0.05) is 58.1 Å². The largest absolute Gasteiger partial charge is 0.334 e. The molecule has 0 amide bonds. The number of halogens is 1. The Kier molecular flexibility index (Phi) is 5.51. The minimum atomic E-state index is -3.77. The fraction of sp³-hybridized carbons (Fsp3) is 0.471. The maximum absolute atomic E-state index is 13.8. The lowest BCUT2D eigenvalue weighted by Gasteiger charge is -2.34. The van der Waals surface area contributed by atoms with Gasteiger partial charge in [-0.15, -0.1) is 0 Å². The molecule has 2 heterocycles. The van der Waals surface area contributed by atoms with Crippen LogP contribution in [0.15, 0.2) is 41.6 Å². The van der Waals surface area contributed by atoms with E-state index in [-0.39, 0.29) is 4.90 Å². The van der Waals surface area contributed by atoms with Crippen LogP contribution in [0.25, 0.3) is 0 Å². The van der Waals surface area contributed by atoms with E-state index in [1.54, 1.807) is 12.3 Å². The van der Waals surface area contributed by atoms with Gasteiger partial charge in [0.05, 0.1) is 0 Å². The zero-order valence-electron chi connectivity index (χ0n) is 14.3. The molecule has 0 atom stereocenters. The van der Waals surface area contributed by atoms with Gasteiger partial charge in [-0.1, -0.05) is 19.1 Å². The van der Waals surface area contributed by atoms with Crippen LogP contribution >= 0.6 is 0 Å². The van der Waals surface area contributed by atoms with Crippen molar-refractivity contribution >= 4 is 10.0 Å². The van der Waals surface area contributed by atoms with Crippen LogP contribution in [0.2, 0.25) is 0 Å². The highest BCUT2D eigenvalue weighted by Gasteiger charge is 2.30. The fourth-order valence-electron chi connectivity index (χ4n) is 3.09. The number of sulfonamides is 1. The zero-order valence-corrected chi connectivity index (χ0v) is 15.1. The van der Waals surface area contributed by atoms with Gasteiger partial charge in [-0.25, -0.2) is 17.8 Å². The fourth-order valence-corrected chi connectivity index (χ4v) is 4.58. The van der Waals surface area contributed by atoms with E-state index in [1.165, 1.54) is 22.5 Å². The summed E-state index contributed by atoms with van der Waals surface area (Å²) in [6.07, 6.45) is 4.66. The number of benzene rings is 1. The van der Waals surface area contributed by atoms with Gasteiger partial charge < -0.3 is 4.57 Å². The summed E-state index contributed by atoms with van der Waals surface area (Å²) in [5, 5.41) is 0. The third kappa shape index (κ3) is 3.91. The molecule has 1 aliphatic rings. The molecule has 0 aliphatic carbocycles. The van der Waals surface area contributed by atoms with Gasteiger partial charge in [-0.3, -0.25) is 4.90 Å². The standard InChI is InChI=1S/C17H23FN4O2S/c1-2-17-19-7-8-21(17)12-9-20-10-13-22(14-11-20)25(23,24)16-6-4-3-5-15(16)18/h3-8H,2,9-14H2,1H3. The Morgan fingerprint density at radius 2 is 1.84 bits per heavy atom. The van der Waals surface area contributed by atoms with E-state index >= 15 is 0 Å². The molecule has 0 N–H and O–H groups in total. The number of nitrogens with zero attached hydrogens (tertiary/aromatic N) is 4. The topological polar surface area (TPSA) is 58.4 Å². The lowest BCUT2D eigenvalue weighted by molar-refractivity contribution is 0.182. The normalized spacial score (nSPS) is 17.0. The van der Waals surface area contributed by atoms with E-state index in [9.17, 15) is 12.8 Å². The summed E-state index contributed by atoms with van der Waals surface area (Å²) in [6, 6.07) is 5.54. The Labute approximate surface area is 147 Å². The molecule has 0 bridgehead atoms. The number of hydrogen-bond acceptors (Lipinski definition) is 4. The Morgan fingerprint density at radius 1 is 1.12 bits per heavy atom. The first-order chi connectivity index (χ1) is 12.0. The van der Waals surface area contributed by atoms with Gasteiger partial charge in [0.15, 0.2) is 0 Å². The predicted octanol–water partition coefficient (Wildman–Crippen LogP) is 1.59. The first-order valence-corrected chi connectivity index (χ1v) is 9.93. The number of aromatic nitrogens is 2. The van der Waals surface area contributed by atoms with Crippen molar-refractivity contribution in [3.8, 4) is 0 Å².